The van der Waals surface area contributed by atoms with Crippen molar-refractivity contribution in [1.29, 1.82) is 0 Å². The molecule has 5 aliphatic heterocycles. The summed E-state index contributed by atoms with van der Waals surface area (Å²) in [5.41, 5.74) is -11.0. The van der Waals surface area contributed by atoms with Crippen LogP contribution >= 0.6 is 0 Å². The standard InChI is InChI=1S/C35H44O16/c1-8-15(2)24(38)49-18-12-19(48-16(3)36)31(26(39)43-6)13-46-21-22(31)29(18,4)25-32(23(21)37)14-47-34(25,27(40)44-7)51-30(5)17-11-20(35(30,32)42)50-28-33(17,41)9-10-45-28/h8-10,17-23,25,28,37,41-42H,11-14H2,1-7H3/b15-8+/t17-,18-,19+,20-,21-,22-,23-,25+,28-,29-,30-,31-,32+,33-,34-,35+/m1/s1. The number of aliphatic hydroxyl groups is 3. The van der Waals surface area contributed by atoms with Gasteiger partial charge in [-0.05, 0) is 33.3 Å². The molecule has 7 fully saturated rings. The topological polar surface area (TPSA) is 212 Å². The number of ether oxygens (including phenoxy) is 9. The van der Waals surface area contributed by atoms with E-state index in [1.165, 1.54) is 33.3 Å². The number of aliphatic hydroxyl groups excluding tert-OH is 1. The summed E-state index contributed by atoms with van der Waals surface area (Å²) >= 11 is 0. The number of methoxy groups -OCH3 is 2. The lowest BCUT2D eigenvalue weighted by molar-refractivity contribution is -0.410. The van der Waals surface area contributed by atoms with E-state index in [-0.39, 0.29) is 25.0 Å². The maximum Gasteiger partial charge on any atom is 0.366 e. The van der Waals surface area contributed by atoms with E-state index in [1.807, 2.05) is 0 Å². The molecular weight excluding hydrogens is 676 g/mol. The Hall–Kier alpha value is -3.12. The van der Waals surface area contributed by atoms with E-state index >= 15 is 0 Å². The molecule has 51 heavy (non-hydrogen) atoms. The highest BCUT2D eigenvalue weighted by molar-refractivity contribution is 5.88. The second-order valence-electron chi connectivity index (χ2n) is 15.8. The fraction of sp³-hybridized carbons (Fsp3) is 0.771. The number of carbonyl (C=O) groups excluding carboxylic acids is 4. The molecular formula is C35H44O16. The molecule has 0 aromatic carbocycles. The Kier molecular flexibility index (Phi) is 7.20. The molecule has 3 saturated carbocycles. The van der Waals surface area contributed by atoms with Gasteiger partial charge in [-0.1, -0.05) is 13.0 Å². The van der Waals surface area contributed by atoms with E-state index in [9.17, 15) is 34.5 Å². The van der Waals surface area contributed by atoms with Crippen LogP contribution in [-0.4, -0.2) is 126 Å². The number of esters is 4. The van der Waals surface area contributed by atoms with Gasteiger partial charge in [-0.2, -0.15) is 0 Å². The van der Waals surface area contributed by atoms with Crippen molar-refractivity contribution in [3.05, 3.63) is 24.0 Å². The summed E-state index contributed by atoms with van der Waals surface area (Å²) in [6.45, 7) is 6.71. The molecule has 3 N–H and O–H groups in total. The number of fused-ring (bicyclic) bond motifs is 7. The predicted octanol–water partition coefficient (Wildman–Crippen LogP) is -0.203. The Morgan fingerprint density at radius 3 is 2.31 bits per heavy atom. The Balaban J connectivity index is 1.42. The van der Waals surface area contributed by atoms with Gasteiger partial charge in [-0.25, -0.2) is 9.59 Å². The molecule has 0 amide bonds. The normalized spacial score (nSPS) is 53.9. The zero-order chi connectivity index (χ0) is 36.9. The molecule has 16 atom stereocenters. The smallest absolute Gasteiger partial charge is 0.366 e. The van der Waals surface area contributed by atoms with E-state index in [4.69, 9.17) is 42.6 Å². The minimum Gasteiger partial charge on any atom is -0.469 e. The fourth-order valence-electron chi connectivity index (χ4n) is 12.2. The third kappa shape index (κ3) is 3.56. The average molecular weight is 721 g/mol. The average Bonchev–Trinajstić information content (AvgIpc) is 3.83. The largest absolute Gasteiger partial charge is 0.469 e. The van der Waals surface area contributed by atoms with E-state index in [0.717, 1.165) is 7.11 Å². The summed E-state index contributed by atoms with van der Waals surface area (Å²) in [7, 11) is 2.30. The van der Waals surface area contributed by atoms with Crippen molar-refractivity contribution < 1.29 is 77.1 Å². The molecule has 0 aromatic heterocycles. The lowest BCUT2D eigenvalue weighted by Crippen LogP contribution is -2.86. The van der Waals surface area contributed by atoms with Gasteiger partial charge in [0.25, 0.3) is 5.79 Å². The van der Waals surface area contributed by atoms with E-state index in [1.54, 1.807) is 26.8 Å². The zero-order valence-electron chi connectivity index (χ0n) is 29.4. The minimum absolute atomic E-state index is 0.0251. The Morgan fingerprint density at radius 2 is 1.67 bits per heavy atom. The number of allylic oxidation sites excluding steroid dienone is 1. The second-order valence-corrected chi connectivity index (χ2v) is 15.8. The maximum atomic E-state index is 14.4. The summed E-state index contributed by atoms with van der Waals surface area (Å²) in [6.07, 6.45) is -3.94. The van der Waals surface area contributed by atoms with Gasteiger partial charge in [0.15, 0.2) is 5.60 Å². The molecule has 3 aliphatic carbocycles. The third-order valence-corrected chi connectivity index (χ3v) is 14.2. The Labute approximate surface area is 293 Å². The lowest BCUT2D eigenvalue weighted by atomic mass is 9.35. The van der Waals surface area contributed by atoms with Crippen LogP contribution < -0.4 is 0 Å². The molecule has 16 heteroatoms. The summed E-state index contributed by atoms with van der Waals surface area (Å²) in [6, 6.07) is 0. The van der Waals surface area contributed by atoms with Crippen molar-refractivity contribution >= 4 is 23.9 Å². The highest BCUT2D eigenvalue weighted by Crippen LogP contribution is 2.81. The first kappa shape index (κ1) is 34.9. The monoisotopic (exact) mass is 720 g/mol. The number of hydrogen-bond donors (Lipinski definition) is 3. The summed E-state index contributed by atoms with van der Waals surface area (Å²) in [5.74, 6) is -9.30. The van der Waals surface area contributed by atoms with Crippen molar-refractivity contribution in [2.75, 3.05) is 27.4 Å². The quantitative estimate of drug-likeness (QED) is 0.191. The van der Waals surface area contributed by atoms with Crippen molar-refractivity contribution in [3.8, 4) is 0 Å². The lowest BCUT2D eigenvalue weighted by Gasteiger charge is -2.71. The minimum atomic E-state index is -2.41. The highest BCUT2D eigenvalue weighted by atomic mass is 16.8. The van der Waals surface area contributed by atoms with E-state index in [0.29, 0.717) is 0 Å². The van der Waals surface area contributed by atoms with Crippen LogP contribution in [-0.2, 0) is 61.8 Å². The summed E-state index contributed by atoms with van der Waals surface area (Å²) < 4.78 is 54.5. The van der Waals surface area contributed by atoms with E-state index in [2.05, 4.69) is 0 Å². The van der Waals surface area contributed by atoms with Crippen molar-refractivity contribution in [3.63, 3.8) is 0 Å². The van der Waals surface area contributed by atoms with Gasteiger partial charge in [0.1, 0.15) is 28.8 Å². The van der Waals surface area contributed by atoms with Crippen molar-refractivity contribution in [2.24, 2.45) is 34.0 Å². The first-order chi connectivity index (χ1) is 23.9. The molecule has 0 spiro atoms. The Bertz CT molecular complexity index is 1660. The first-order valence-corrected chi connectivity index (χ1v) is 17.2. The molecule has 5 heterocycles. The first-order valence-electron chi connectivity index (χ1n) is 17.2. The molecule has 0 unspecified atom stereocenters. The summed E-state index contributed by atoms with van der Waals surface area (Å²) in [5, 5.41) is 38.5. The molecule has 4 saturated heterocycles. The molecule has 0 radical (unpaired) electrons. The second kappa shape index (κ2) is 10.5. The van der Waals surface area contributed by atoms with Gasteiger partial charge in [-0.3, -0.25) is 9.59 Å². The molecule has 4 bridgehead atoms. The predicted molar refractivity (Wildman–Crippen MR) is 164 cm³/mol. The molecule has 280 valence electrons. The van der Waals surface area contributed by atoms with Gasteiger partial charge >= 0.3 is 23.9 Å². The van der Waals surface area contributed by atoms with Crippen LogP contribution in [0.1, 0.15) is 47.5 Å². The van der Waals surface area contributed by atoms with Gasteiger partial charge in [0.05, 0.1) is 57.4 Å². The van der Waals surface area contributed by atoms with Gasteiger partial charge < -0.3 is 58.0 Å². The van der Waals surface area contributed by atoms with Crippen molar-refractivity contribution in [2.45, 2.75) is 107 Å². The van der Waals surface area contributed by atoms with Gasteiger partial charge in [-0.15, -0.1) is 0 Å². The van der Waals surface area contributed by atoms with Crippen LogP contribution in [0.15, 0.2) is 24.0 Å². The molecule has 0 aromatic rings. The zero-order valence-corrected chi connectivity index (χ0v) is 29.4. The van der Waals surface area contributed by atoms with Crippen LogP contribution in [0.2, 0.25) is 0 Å². The van der Waals surface area contributed by atoms with Crippen molar-refractivity contribution in [1.82, 2.24) is 0 Å². The SMILES string of the molecule is C/C=C(\C)C(=O)O[C@@H]1C[C@H](OC(C)=O)[C@]2(C(=O)OC)CO[C@H]3[C@@H](O)[C@]45CO[C@@](C(=O)OC)(O[C@]6(C)[C@H]7C[C@@H](O[C@H]8OC=C[C@]87O)[C@@]46O)[C@H]5[C@@]1(C)[C@@H]32. The Morgan fingerprint density at radius 1 is 0.961 bits per heavy atom. The number of rotatable bonds is 5. The fourth-order valence-corrected chi connectivity index (χ4v) is 12.2. The van der Waals surface area contributed by atoms with Crippen LogP contribution in [0.3, 0.4) is 0 Å². The van der Waals surface area contributed by atoms with Crippen LogP contribution in [0.25, 0.3) is 0 Å². The molecule has 8 rings (SSSR count). The molecule has 8 aliphatic rings. The van der Waals surface area contributed by atoms with Gasteiger partial charge in [0, 0.05) is 42.1 Å². The van der Waals surface area contributed by atoms with Gasteiger partial charge in [0.2, 0.25) is 6.29 Å². The van der Waals surface area contributed by atoms with E-state index < -0.39 is 124 Å². The third-order valence-electron chi connectivity index (χ3n) is 14.2. The van der Waals surface area contributed by atoms with Crippen LogP contribution in [0, 0.1) is 34.0 Å². The van der Waals surface area contributed by atoms with Crippen LogP contribution in [0.4, 0.5) is 0 Å². The van der Waals surface area contributed by atoms with Crippen LogP contribution in [0.5, 0.6) is 0 Å². The maximum absolute atomic E-state index is 14.4. The molecule has 16 nitrogen and oxygen atoms in total. The number of hydrogen-bond acceptors (Lipinski definition) is 16. The summed E-state index contributed by atoms with van der Waals surface area (Å²) in [4.78, 5) is 54.8. The highest BCUT2D eigenvalue weighted by Gasteiger charge is 2.96. The number of carbonyl (C=O) groups is 4.